The summed E-state index contributed by atoms with van der Waals surface area (Å²) in [6, 6.07) is 49.1. The van der Waals surface area contributed by atoms with Crippen LogP contribution in [0.4, 0.5) is 0 Å². The van der Waals surface area contributed by atoms with Crippen molar-refractivity contribution in [2.24, 2.45) is 0 Å². The van der Waals surface area contributed by atoms with E-state index < -0.39 is 0 Å². The highest BCUT2D eigenvalue weighted by Crippen LogP contribution is 2.53. The zero-order valence-electron chi connectivity index (χ0n) is 27.4. The second kappa shape index (κ2) is 11.1. The van der Waals surface area contributed by atoms with Crippen molar-refractivity contribution in [3.05, 3.63) is 156 Å². The predicted molar refractivity (Wildman–Crippen MR) is 197 cm³/mol. The van der Waals surface area contributed by atoms with E-state index in [0.717, 1.165) is 32.9 Å². The van der Waals surface area contributed by atoms with Gasteiger partial charge in [0.05, 0.1) is 33.9 Å². The van der Waals surface area contributed by atoms with Gasteiger partial charge in [0.15, 0.2) is 17.5 Å². The first-order chi connectivity index (χ1) is 24.5. The minimum absolute atomic E-state index is 0.154. The molecule has 0 N–H and O–H groups in total. The molecular formula is C44H28N6. The van der Waals surface area contributed by atoms with Gasteiger partial charge in [-0.05, 0) is 46.5 Å². The van der Waals surface area contributed by atoms with Crippen molar-refractivity contribution in [1.82, 2.24) is 19.5 Å². The minimum atomic E-state index is -0.154. The Hall–Kier alpha value is -6.89. The average Bonchev–Trinajstić information content (AvgIpc) is 3.63. The van der Waals surface area contributed by atoms with E-state index in [1.165, 1.54) is 22.3 Å². The largest absolute Gasteiger partial charge is 0.308 e. The van der Waals surface area contributed by atoms with Crippen molar-refractivity contribution in [2.75, 3.05) is 0 Å². The van der Waals surface area contributed by atoms with E-state index in [1.54, 1.807) is 12.1 Å². The first kappa shape index (κ1) is 29.3. The Kier molecular flexibility index (Phi) is 6.49. The maximum Gasteiger partial charge on any atom is 0.165 e. The molecular weight excluding hydrogens is 613 g/mol. The lowest BCUT2D eigenvalue weighted by Gasteiger charge is -2.21. The van der Waals surface area contributed by atoms with Crippen LogP contribution in [-0.2, 0) is 5.41 Å². The summed E-state index contributed by atoms with van der Waals surface area (Å²) in [4.78, 5) is 14.5. The normalized spacial score (nSPS) is 12.7. The Bertz CT molecular complexity index is 2690. The van der Waals surface area contributed by atoms with E-state index in [2.05, 4.69) is 85.2 Å². The average molecular weight is 641 g/mol. The summed E-state index contributed by atoms with van der Waals surface area (Å²) in [7, 11) is 0. The number of aromatic nitrogens is 4. The number of hydrogen-bond donors (Lipinski definition) is 0. The van der Waals surface area contributed by atoms with Crippen LogP contribution >= 0.6 is 0 Å². The van der Waals surface area contributed by atoms with Gasteiger partial charge >= 0.3 is 0 Å². The molecule has 0 spiro atoms. The molecule has 0 bridgehead atoms. The summed E-state index contributed by atoms with van der Waals surface area (Å²) in [5.74, 6) is 1.30. The first-order valence-corrected chi connectivity index (χ1v) is 16.5. The van der Waals surface area contributed by atoms with Crippen LogP contribution in [0, 0.1) is 22.7 Å². The van der Waals surface area contributed by atoms with Crippen LogP contribution in [0.1, 0.15) is 36.1 Å². The molecule has 1 aliphatic carbocycles. The lowest BCUT2D eigenvalue weighted by molar-refractivity contribution is 0.661. The van der Waals surface area contributed by atoms with Gasteiger partial charge in [0.25, 0.3) is 0 Å². The Morgan fingerprint density at radius 2 is 1.14 bits per heavy atom. The summed E-state index contributed by atoms with van der Waals surface area (Å²) >= 11 is 0. The Morgan fingerprint density at radius 1 is 0.540 bits per heavy atom. The lowest BCUT2D eigenvalue weighted by atomic mass is 9.82. The predicted octanol–water partition coefficient (Wildman–Crippen LogP) is 10.0. The van der Waals surface area contributed by atoms with Gasteiger partial charge in [-0.3, -0.25) is 0 Å². The van der Waals surface area contributed by atoms with Crippen molar-refractivity contribution < 1.29 is 0 Å². The third-order valence-corrected chi connectivity index (χ3v) is 9.94. The number of rotatable bonds is 4. The van der Waals surface area contributed by atoms with Gasteiger partial charge in [-0.15, -0.1) is 0 Å². The molecule has 0 unspecified atom stereocenters. The fourth-order valence-corrected chi connectivity index (χ4v) is 7.58. The standard InChI is InChI=1S/C44H28N6/c1-44(2)34-19-11-9-17-31(34)39-35(44)21-22-37-40(39)32-18-10-12-20-36(32)50(37)38-24-29(25-45)33(23-30(38)26-46)43-48-41(27-13-5-3-6-14-27)47-42(49-43)28-15-7-4-8-16-28/h3-24H,1-2H3. The monoisotopic (exact) mass is 640 g/mol. The number of fused-ring (bicyclic) bond motifs is 7. The zero-order valence-corrected chi connectivity index (χ0v) is 27.4. The molecule has 50 heavy (non-hydrogen) atoms. The third-order valence-electron chi connectivity index (χ3n) is 9.94. The van der Waals surface area contributed by atoms with E-state index >= 15 is 0 Å². The number of hydrogen-bond acceptors (Lipinski definition) is 5. The highest BCUT2D eigenvalue weighted by atomic mass is 15.0. The van der Waals surface area contributed by atoms with Gasteiger partial charge in [-0.1, -0.05) is 123 Å². The van der Waals surface area contributed by atoms with E-state index in [4.69, 9.17) is 15.0 Å². The fourth-order valence-electron chi connectivity index (χ4n) is 7.58. The Morgan fingerprint density at radius 3 is 1.82 bits per heavy atom. The van der Waals surface area contributed by atoms with Gasteiger partial charge in [-0.2, -0.15) is 10.5 Å². The van der Waals surface area contributed by atoms with E-state index in [9.17, 15) is 10.5 Å². The maximum absolute atomic E-state index is 10.7. The summed E-state index contributed by atoms with van der Waals surface area (Å²) < 4.78 is 2.13. The second-order valence-electron chi connectivity index (χ2n) is 13.1. The molecule has 6 heteroatoms. The number of para-hydroxylation sites is 1. The van der Waals surface area contributed by atoms with Crippen molar-refractivity contribution >= 4 is 21.8 Å². The highest BCUT2D eigenvalue weighted by molar-refractivity contribution is 6.18. The molecule has 0 fully saturated rings. The quantitative estimate of drug-likeness (QED) is 0.191. The van der Waals surface area contributed by atoms with Gasteiger partial charge in [0, 0.05) is 32.9 Å². The van der Waals surface area contributed by atoms with Crippen LogP contribution in [0.25, 0.3) is 72.8 Å². The van der Waals surface area contributed by atoms with Crippen LogP contribution in [-0.4, -0.2) is 19.5 Å². The molecule has 2 aromatic heterocycles. The molecule has 0 amide bonds. The molecule has 1 aliphatic rings. The Balaban J connectivity index is 1.31. The smallest absolute Gasteiger partial charge is 0.165 e. The minimum Gasteiger partial charge on any atom is -0.308 e. The molecule has 0 saturated heterocycles. The fraction of sp³-hybridized carbons (Fsp3) is 0.0682. The lowest BCUT2D eigenvalue weighted by Crippen LogP contribution is -2.14. The molecule has 6 nitrogen and oxygen atoms in total. The molecule has 234 valence electrons. The summed E-state index contributed by atoms with van der Waals surface area (Å²) in [5.41, 5.74) is 10.3. The van der Waals surface area contributed by atoms with Gasteiger partial charge in [0.2, 0.25) is 0 Å². The number of nitriles is 2. The number of nitrogens with zero attached hydrogens (tertiary/aromatic N) is 6. The topological polar surface area (TPSA) is 91.2 Å². The van der Waals surface area contributed by atoms with Gasteiger partial charge < -0.3 is 4.57 Å². The van der Waals surface area contributed by atoms with E-state index in [-0.39, 0.29) is 5.41 Å². The van der Waals surface area contributed by atoms with Crippen LogP contribution in [0.3, 0.4) is 0 Å². The molecule has 0 aliphatic heterocycles. The third kappa shape index (κ3) is 4.29. The molecule has 2 heterocycles. The summed E-state index contributed by atoms with van der Waals surface area (Å²) in [6.07, 6.45) is 0. The van der Waals surface area contributed by atoms with Crippen molar-refractivity contribution in [2.45, 2.75) is 19.3 Å². The molecule has 9 rings (SSSR count). The van der Waals surface area contributed by atoms with Crippen molar-refractivity contribution in [1.29, 1.82) is 10.5 Å². The summed E-state index contributed by atoms with van der Waals surface area (Å²) in [5, 5.41) is 23.6. The molecule has 0 radical (unpaired) electrons. The molecule has 0 atom stereocenters. The van der Waals surface area contributed by atoms with E-state index in [0.29, 0.717) is 39.9 Å². The van der Waals surface area contributed by atoms with Gasteiger partial charge in [-0.25, -0.2) is 15.0 Å². The van der Waals surface area contributed by atoms with Crippen LogP contribution in [0.15, 0.2) is 133 Å². The molecule has 8 aromatic rings. The highest BCUT2D eigenvalue weighted by Gasteiger charge is 2.37. The van der Waals surface area contributed by atoms with Crippen LogP contribution < -0.4 is 0 Å². The van der Waals surface area contributed by atoms with Crippen LogP contribution in [0.2, 0.25) is 0 Å². The maximum atomic E-state index is 10.7. The molecule has 6 aromatic carbocycles. The van der Waals surface area contributed by atoms with Crippen LogP contribution in [0.5, 0.6) is 0 Å². The SMILES string of the molecule is CC1(C)c2ccccc2-c2c1ccc1c2c2ccccc2n1-c1cc(C#N)c(-c2nc(-c3ccccc3)nc(-c3ccccc3)n2)cc1C#N. The Labute approximate surface area is 289 Å². The second-order valence-corrected chi connectivity index (χ2v) is 13.1. The van der Waals surface area contributed by atoms with Crippen molar-refractivity contribution in [3.63, 3.8) is 0 Å². The van der Waals surface area contributed by atoms with Gasteiger partial charge in [0.1, 0.15) is 6.07 Å². The number of benzene rings is 6. The summed E-state index contributed by atoms with van der Waals surface area (Å²) in [6.45, 7) is 4.56. The molecule has 0 saturated carbocycles. The zero-order chi connectivity index (χ0) is 34.0. The first-order valence-electron chi connectivity index (χ1n) is 16.5. The van der Waals surface area contributed by atoms with Crippen molar-refractivity contribution in [3.8, 4) is 63.1 Å². The van der Waals surface area contributed by atoms with E-state index in [1.807, 2.05) is 66.7 Å².